The van der Waals surface area contributed by atoms with Crippen LogP contribution >= 0.6 is 11.6 Å². The van der Waals surface area contributed by atoms with Gasteiger partial charge in [-0.1, -0.05) is 29.8 Å². The van der Waals surface area contributed by atoms with Gasteiger partial charge >= 0.3 is 12.0 Å². The molecular formula is C22H14ClFN2O5. The zero-order valence-electron chi connectivity index (χ0n) is 15.8. The van der Waals surface area contributed by atoms with Crippen molar-refractivity contribution in [1.29, 1.82) is 0 Å². The van der Waals surface area contributed by atoms with Crippen molar-refractivity contribution >= 4 is 35.6 Å². The normalized spacial score (nSPS) is 14.9. The molecular weight excluding hydrogens is 427 g/mol. The SMILES string of the molecule is O=C(O)c1ccc(Cl)c(-c2ccc(/C=C3/NC(=O)N(Cc4ccccc4F)C3=O)o2)c1. The van der Waals surface area contributed by atoms with Gasteiger partial charge in [-0.15, -0.1) is 0 Å². The number of benzene rings is 2. The largest absolute Gasteiger partial charge is 0.478 e. The second-order valence-corrected chi connectivity index (χ2v) is 7.08. The molecule has 2 heterocycles. The van der Waals surface area contributed by atoms with Crippen LogP contribution in [0.1, 0.15) is 21.7 Å². The number of imide groups is 1. The minimum Gasteiger partial charge on any atom is -0.478 e. The van der Waals surface area contributed by atoms with Crippen LogP contribution in [-0.4, -0.2) is 27.9 Å². The summed E-state index contributed by atoms with van der Waals surface area (Å²) in [5, 5.41) is 11.9. The molecule has 1 aromatic heterocycles. The first-order chi connectivity index (χ1) is 14.8. The third kappa shape index (κ3) is 4.06. The number of amides is 3. The third-order valence-corrected chi connectivity index (χ3v) is 4.97. The first-order valence-corrected chi connectivity index (χ1v) is 9.42. The molecule has 0 bridgehead atoms. The number of carboxylic acid groups (broad SMARTS) is 1. The molecule has 0 aliphatic carbocycles. The Morgan fingerprint density at radius 1 is 1.16 bits per heavy atom. The molecule has 3 amide bonds. The van der Waals surface area contributed by atoms with Crippen molar-refractivity contribution < 1.29 is 28.3 Å². The maximum Gasteiger partial charge on any atom is 0.335 e. The van der Waals surface area contributed by atoms with Crippen LogP contribution in [0.2, 0.25) is 5.02 Å². The van der Waals surface area contributed by atoms with Gasteiger partial charge in [0.2, 0.25) is 0 Å². The van der Waals surface area contributed by atoms with Gasteiger partial charge in [0.15, 0.2) is 0 Å². The fourth-order valence-corrected chi connectivity index (χ4v) is 3.29. The number of furan rings is 1. The molecule has 3 aromatic rings. The van der Waals surface area contributed by atoms with Gasteiger partial charge < -0.3 is 14.8 Å². The summed E-state index contributed by atoms with van der Waals surface area (Å²) in [6.07, 6.45) is 1.33. The molecule has 2 aromatic carbocycles. The van der Waals surface area contributed by atoms with Gasteiger partial charge in [-0.25, -0.2) is 14.0 Å². The maximum atomic E-state index is 13.9. The first kappa shape index (κ1) is 20.4. The zero-order valence-corrected chi connectivity index (χ0v) is 16.5. The second-order valence-electron chi connectivity index (χ2n) is 6.67. The average Bonchev–Trinajstić information content (AvgIpc) is 3.30. The van der Waals surface area contributed by atoms with Crippen molar-refractivity contribution in [2.24, 2.45) is 0 Å². The van der Waals surface area contributed by atoms with Crippen LogP contribution in [0.5, 0.6) is 0 Å². The molecule has 0 radical (unpaired) electrons. The molecule has 7 nitrogen and oxygen atoms in total. The predicted octanol–water partition coefficient (Wildman–Crippen LogP) is 4.53. The fourth-order valence-electron chi connectivity index (χ4n) is 3.08. The fraction of sp³-hybridized carbons (Fsp3) is 0.0455. The second kappa shape index (κ2) is 8.08. The summed E-state index contributed by atoms with van der Waals surface area (Å²) >= 11 is 6.15. The monoisotopic (exact) mass is 440 g/mol. The number of hydrogen-bond acceptors (Lipinski definition) is 4. The predicted molar refractivity (Wildman–Crippen MR) is 110 cm³/mol. The summed E-state index contributed by atoms with van der Waals surface area (Å²) in [6.45, 7) is -0.213. The van der Waals surface area contributed by atoms with Gasteiger partial charge in [0.05, 0.1) is 17.1 Å². The molecule has 0 unspecified atom stereocenters. The van der Waals surface area contributed by atoms with Crippen LogP contribution in [0, 0.1) is 5.82 Å². The van der Waals surface area contributed by atoms with E-state index < -0.39 is 23.7 Å². The van der Waals surface area contributed by atoms with Crippen molar-refractivity contribution in [3.8, 4) is 11.3 Å². The Morgan fingerprint density at radius 3 is 2.68 bits per heavy atom. The lowest BCUT2D eigenvalue weighted by Crippen LogP contribution is -2.30. The number of nitrogens with one attached hydrogen (secondary N) is 1. The molecule has 0 atom stereocenters. The van der Waals surface area contributed by atoms with E-state index in [1.165, 1.54) is 42.5 Å². The minimum atomic E-state index is -1.11. The van der Waals surface area contributed by atoms with Crippen LogP contribution in [0.15, 0.2) is 64.7 Å². The quantitative estimate of drug-likeness (QED) is 0.448. The van der Waals surface area contributed by atoms with Crippen molar-refractivity contribution in [1.82, 2.24) is 10.2 Å². The van der Waals surface area contributed by atoms with Gasteiger partial charge in [-0.2, -0.15) is 0 Å². The Morgan fingerprint density at radius 2 is 1.94 bits per heavy atom. The van der Waals surface area contributed by atoms with Gasteiger partial charge in [-0.3, -0.25) is 9.69 Å². The number of carbonyl (C=O) groups excluding carboxylic acids is 2. The number of rotatable bonds is 5. The van der Waals surface area contributed by atoms with Crippen LogP contribution in [0.25, 0.3) is 17.4 Å². The maximum absolute atomic E-state index is 13.9. The van der Waals surface area contributed by atoms with E-state index in [2.05, 4.69) is 5.32 Å². The molecule has 1 fully saturated rings. The number of carbonyl (C=O) groups is 3. The number of halogens is 2. The Balaban J connectivity index is 1.58. The van der Waals surface area contributed by atoms with Crippen molar-refractivity contribution in [2.45, 2.75) is 6.54 Å². The summed E-state index contributed by atoms with van der Waals surface area (Å²) in [7, 11) is 0. The van der Waals surface area contributed by atoms with E-state index in [1.807, 2.05) is 0 Å². The molecule has 156 valence electrons. The van der Waals surface area contributed by atoms with E-state index >= 15 is 0 Å². The zero-order chi connectivity index (χ0) is 22.1. The van der Waals surface area contributed by atoms with Crippen molar-refractivity contribution in [2.75, 3.05) is 0 Å². The number of nitrogens with zero attached hydrogens (tertiary/aromatic N) is 1. The summed E-state index contributed by atoms with van der Waals surface area (Å²) in [6, 6.07) is 12.5. The Hall–Kier alpha value is -3.91. The summed E-state index contributed by atoms with van der Waals surface area (Å²) in [5.74, 6) is -1.72. The highest BCUT2D eigenvalue weighted by Gasteiger charge is 2.34. The Bertz CT molecular complexity index is 1250. The third-order valence-electron chi connectivity index (χ3n) is 4.64. The molecule has 31 heavy (non-hydrogen) atoms. The summed E-state index contributed by atoms with van der Waals surface area (Å²) < 4.78 is 19.5. The highest BCUT2D eigenvalue weighted by molar-refractivity contribution is 6.33. The topological polar surface area (TPSA) is 99.9 Å². The molecule has 1 saturated heterocycles. The van der Waals surface area contributed by atoms with Gasteiger partial charge in [0, 0.05) is 17.2 Å². The number of hydrogen-bond donors (Lipinski definition) is 2. The van der Waals surface area contributed by atoms with Crippen LogP contribution in [0.3, 0.4) is 0 Å². The van der Waals surface area contributed by atoms with Crippen molar-refractivity contribution in [3.63, 3.8) is 0 Å². The highest BCUT2D eigenvalue weighted by Crippen LogP contribution is 2.31. The summed E-state index contributed by atoms with van der Waals surface area (Å²) in [4.78, 5) is 36.9. The molecule has 0 spiro atoms. The lowest BCUT2D eigenvalue weighted by Gasteiger charge is -2.12. The van der Waals surface area contributed by atoms with Crippen molar-refractivity contribution in [3.05, 3.63) is 88.0 Å². The van der Waals surface area contributed by atoms with E-state index in [0.29, 0.717) is 16.3 Å². The number of urea groups is 1. The Kier molecular flexibility index (Phi) is 5.31. The van der Waals surface area contributed by atoms with E-state index in [9.17, 15) is 18.8 Å². The molecule has 0 saturated carbocycles. The van der Waals surface area contributed by atoms with E-state index in [0.717, 1.165) is 4.90 Å². The standard InChI is InChI=1S/C22H14ClFN2O5/c23-16-7-5-12(21(28)29)9-15(16)19-8-6-14(31-19)10-18-20(27)26(22(30)25-18)11-13-3-1-2-4-17(13)24/h1-10H,11H2,(H,25,30)(H,28,29)/b18-10+. The van der Waals surface area contributed by atoms with Crippen LogP contribution in [0.4, 0.5) is 9.18 Å². The highest BCUT2D eigenvalue weighted by atomic mass is 35.5. The van der Waals surface area contributed by atoms with E-state index in [4.69, 9.17) is 21.1 Å². The molecule has 9 heteroatoms. The molecule has 1 aliphatic rings. The minimum absolute atomic E-state index is 0.0346. The van der Waals surface area contributed by atoms with Crippen LogP contribution in [-0.2, 0) is 11.3 Å². The first-order valence-electron chi connectivity index (χ1n) is 9.04. The number of aromatic carboxylic acids is 1. The van der Waals surface area contributed by atoms with Gasteiger partial charge in [0.1, 0.15) is 23.0 Å². The van der Waals surface area contributed by atoms with Gasteiger partial charge in [-0.05, 0) is 36.4 Å². The Labute approximate surface area is 180 Å². The van der Waals surface area contributed by atoms with E-state index in [-0.39, 0.29) is 29.1 Å². The average molecular weight is 441 g/mol. The van der Waals surface area contributed by atoms with Crippen LogP contribution < -0.4 is 5.32 Å². The summed E-state index contributed by atoms with van der Waals surface area (Å²) in [5.41, 5.74) is 0.583. The smallest absolute Gasteiger partial charge is 0.335 e. The molecule has 1 aliphatic heterocycles. The van der Waals surface area contributed by atoms with Gasteiger partial charge in [0.25, 0.3) is 5.91 Å². The molecule has 4 rings (SSSR count). The number of carboxylic acids is 1. The molecule has 2 N–H and O–H groups in total. The lowest BCUT2D eigenvalue weighted by molar-refractivity contribution is -0.123. The lowest BCUT2D eigenvalue weighted by atomic mass is 10.1. The van der Waals surface area contributed by atoms with E-state index in [1.54, 1.807) is 18.2 Å².